The van der Waals surface area contributed by atoms with Crippen molar-refractivity contribution in [3.05, 3.63) is 47.7 Å². The van der Waals surface area contributed by atoms with E-state index in [1.165, 1.54) is 5.56 Å². The van der Waals surface area contributed by atoms with Crippen LogP contribution in [0.1, 0.15) is 23.0 Å². The van der Waals surface area contributed by atoms with Gasteiger partial charge in [0.2, 0.25) is 0 Å². The Morgan fingerprint density at radius 3 is 2.81 bits per heavy atom. The van der Waals surface area contributed by atoms with Gasteiger partial charge in [-0.15, -0.1) is 10.2 Å². The van der Waals surface area contributed by atoms with E-state index in [9.17, 15) is 4.79 Å². The maximum Gasteiger partial charge on any atom is 0.278 e. The maximum atomic E-state index is 12.7. The number of nitrogens with two attached hydrogens (primary N) is 1. The number of rotatable bonds is 2. The van der Waals surface area contributed by atoms with Crippen molar-refractivity contribution in [2.75, 3.05) is 16.9 Å². The molecule has 0 aliphatic carbocycles. The summed E-state index contributed by atoms with van der Waals surface area (Å²) < 4.78 is 0. The lowest BCUT2D eigenvalue weighted by atomic mass is 9.93. The fourth-order valence-corrected chi connectivity index (χ4v) is 2.65. The molecule has 0 bridgehead atoms. The van der Waals surface area contributed by atoms with Crippen LogP contribution in [0.4, 0.5) is 11.5 Å². The highest BCUT2D eigenvalue weighted by atomic mass is 16.2. The lowest BCUT2D eigenvalue weighted by molar-refractivity contribution is 0.0975. The van der Waals surface area contributed by atoms with Gasteiger partial charge in [0.15, 0.2) is 11.5 Å². The smallest absolute Gasteiger partial charge is 0.278 e. The van der Waals surface area contributed by atoms with E-state index < -0.39 is 0 Å². The molecule has 2 aromatic rings. The highest BCUT2D eigenvalue weighted by Gasteiger charge is 2.27. The minimum absolute atomic E-state index is 0.134. The molecule has 6 heteroatoms. The van der Waals surface area contributed by atoms with Crippen molar-refractivity contribution in [2.45, 2.75) is 13.3 Å². The third-order valence-electron chi connectivity index (χ3n) is 3.62. The molecule has 108 valence electrons. The fourth-order valence-electron chi connectivity index (χ4n) is 2.65. The third kappa shape index (κ3) is 2.57. The number of carbonyl (C=O) groups is 1. The number of benzene rings is 1. The van der Waals surface area contributed by atoms with Gasteiger partial charge in [-0.05, 0) is 36.1 Å². The van der Waals surface area contributed by atoms with Crippen LogP contribution >= 0.6 is 0 Å². The van der Waals surface area contributed by atoms with E-state index in [1.54, 1.807) is 17.0 Å². The van der Waals surface area contributed by atoms with E-state index in [1.807, 2.05) is 18.2 Å². The minimum Gasteiger partial charge on any atom is -0.307 e. The van der Waals surface area contributed by atoms with Crippen LogP contribution < -0.4 is 16.2 Å². The van der Waals surface area contributed by atoms with Crippen molar-refractivity contribution in [2.24, 2.45) is 11.8 Å². The molecule has 0 spiro atoms. The van der Waals surface area contributed by atoms with E-state index in [-0.39, 0.29) is 5.91 Å². The van der Waals surface area contributed by atoms with Crippen LogP contribution in [0.3, 0.4) is 0 Å². The Labute approximate surface area is 122 Å². The first-order valence-electron chi connectivity index (χ1n) is 6.89. The molecule has 0 saturated heterocycles. The average Bonchev–Trinajstić information content (AvgIpc) is 2.53. The van der Waals surface area contributed by atoms with Crippen LogP contribution in [-0.2, 0) is 6.42 Å². The lowest BCUT2D eigenvalue weighted by Gasteiger charge is -2.32. The number of fused-ring (bicyclic) bond motifs is 1. The number of nitrogens with zero attached hydrogens (tertiary/aromatic N) is 3. The number of amides is 1. The SMILES string of the molecule is CC1Cc2ccccc2N(C(=O)c2ccc(NN)nn2)C1. The van der Waals surface area contributed by atoms with E-state index in [0.29, 0.717) is 24.0 Å². The molecule has 1 aliphatic heterocycles. The molecule has 1 amide bonds. The van der Waals surface area contributed by atoms with Crippen LogP contribution in [0.15, 0.2) is 36.4 Å². The normalized spacial score (nSPS) is 17.2. The van der Waals surface area contributed by atoms with Crippen molar-refractivity contribution in [1.29, 1.82) is 0 Å². The molecule has 0 fully saturated rings. The molecule has 3 N–H and O–H groups in total. The number of aromatic nitrogens is 2. The second-order valence-corrected chi connectivity index (χ2v) is 5.30. The average molecular weight is 283 g/mol. The molecule has 21 heavy (non-hydrogen) atoms. The van der Waals surface area contributed by atoms with Gasteiger partial charge in [-0.2, -0.15) is 0 Å². The Hall–Kier alpha value is -2.47. The van der Waals surface area contributed by atoms with Gasteiger partial charge in [0.25, 0.3) is 5.91 Å². The predicted octanol–water partition coefficient (Wildman–Crippen LogP) is 1.60. The Balaban J connectivity index is 1.93. The molecule has 1 aromatic carbocycles. The number of para-hydroxylation sites is 1. The number of nitrogen functional groups attached to an aromatic ring is 1. The van der Waals surface area contributed by atoms with E-state index >= 15 is 0 Å². The van der Waals surface area contributed by atoms with Gasteiger partial charge in [-0.3, -0.25) is 4.79 Å². The van der Waals surface area contributed by atoms with Crippen LogP contribution in [0.25, 0.3) is 0 Å². The van der Waals surface area contributed by atoms with Gasteiger partial charge in [0.05, 0.1) is 0 Å². The quantitative estimate of drug-likeness (QED) is 0.646. The predicted molar refractivity (Wildman–Crippen MR) is 80.8 cm³/mol. The number of hydrazine groups is 1. The number of carbonyl (C=O) groups excluding carboxylic acids is 1. The summed E-state index contributed by atoms with van der Waals surface area (Å²) in [6.07, 6.45) is 0.988. The van der Waals surface area contributed by atoms with Crippen molar-refractivity contribution in [3.63, 3.8) is 0 Å². The molecule has 0 radical (unpaired) electrons. The first-order valence-corrected chi connectivity index (χ1v) is 6.89. The van der Waals surface area contributed by atoms with Gasteiger partial charge in [-0.1, -0.05) is 25.1 Å². The van der Waals surface area contributed by atoms with Crippen molar-refractivity contribution < 1.29 is 4.79 Å². The van der Waals surface area contributed by atoms with Gasteiger partial charge in [0, 0.05) is 12.2 Å². The highest BCUT2D eigenvalue weighted by molar-refractivity contribution is 6.05. The maximum absolute atomic E-state index is 12.7. The highest BCUT2D eigenvalue weighted by Crippen LogP contribution is 2.30. The van der Waals surface area contributed by atoms with Crippen molar-refractivity contribution in [3.8, 4) is 0 Å². The molecule has 1 aliphatic rings. The summed E-state index contributed by atoms with van der Waals surface area (Å²) in [6, 6.07) is 11.3. The van der Waals surface area contributed by atoms with E-state index in [0.717, 1.165) is 12.1 Å². The van der Waals surface area contributed by atoms with E-state index in [2.05, 4.69) is 28.6 Å². The monoisotopic (exact) mass is 283 g/mol. The van der Waals surface area contributed by atoms with Gasteiger partial charge in [-0.25, -0.2) is 5.84 Å². The number of nitrogens with one attached hydrogen (secondary N) is 1. The second-order valence-electron chi connectivity index (χ2n) is 5.30. The molecule has 2 heterocycles. The molecular weight excluding hydrogens is 266 g/mol. The van der Waals surface area contributed by atoms with Crippen LogP contribution in [-0.4, -0.2) is 22.6 Å². The summed E-state index contributed by atoms with van der Waals surface area (Å²) in [6.45, 7) is 2.83. The van der Waals surface area contributed by atoms with Crippen molar-refractivity contribution in [1.82, 2.24) is 10.2 Å². The van der Waals surface area contributed by atoms with E-state index in [4.69, 9.17) is 5.84 Å². The molecule has 1 atom stereocenters. The molecule has 3 rings (SSSR count). The van der Waals surface area contributed by atoms with Crippen LogP contribution in [0.2, 0.25) is 0 Å². The second kappa shape index (κ2) is 5.49. The summed E-state index contributed by atoms with van der Waals surface area (Å²) in [4.78, 5) is 14.5. The van der Waals surface area contributed by atoms with Gasteiger partial charge in [0.1, 0.15) is 0 Å². The molecular formula is C15H17N5O. The summed E-state index contributed by atoms with van der Waals surface area (Å²) >= 11 is 0. The molecule has 0 saturated carbocycles. The summed E-state index contributed by atoms with van der Waals surface area (Å²) in [5.41, 5.74) is 4.87. The lowest BCUT2D eigenvalue weighted by Crippen LogP contribution is -2.39. The van der Waals surface area contributed by atoms with Crippen molar-refractivity contribution >= 4 is 17.4 Å². The zero-order valence-electron chi connectivity index (χ0n) is 11.8. The topological polar surface area (TPSA) is 84.1 Å². The standard InChI is InChI=1S/C15H17N5O/c1-10-8-11-4-2-3-5-13(11)20(9-10)15(21)12-6-7-14(17-16)19-18-12/h2-7,10H,8-9,16H2,1H3,(H,17,19). The van der Waals surface area contributed by atoms with Gasteiger partial charge >= 0.3 is 0 Å². The fraction of sp³-hybridized carbons (Fsp3) is 0.267. The Morgan fingerprint density at radius 1 is 1.29 bits per heavy atom. The first kappa shape index (κ1) is 13.5. The zero-order valence-corrected chi connectivity index (χ0v) is 11.8. The first-order chi connectivity index (χ1) is 10.2. The number of hydrogen-bond donors (Lipinski definition) is 2. The third-order valence-corrected chi connectivity index (χ3v) is 3.62. The number of anilines is 2. The molecule has 1 unspecified atom stereocenters. The Morgan fingerprint density at radius 2 is 2.10 bits per heavy atom. The van der Waals surface area contributed by atoms with Crippen LogP contribution in [0.5, 0.6) is 0 Å². The number of hydrogen-bond acceptors (Lipinski definition) is 5. The summed E-state index contributed by atoms with van der Waals surface area (Å²) in [5, 5.41) is 7.79. The van der Waals surface area contributed by atoms with Gasteiger partial charge < -0.3 is 10.3 Å². The van der Waals surface area contributed by atoms with Crippen LogP contribution in [0, 0.1) is 5.92 Å². The molecule has 1 aromatic heterocycles. The summed E-state index contributed by atoms with van der Waals surface area (Å²) in [7, 11) is 0. The minimum atomic E-state index is -0.134. The summed E-state index contributed by atoms with van der Waals surface area (Å²) in [5.74, 6) is 5.97. The Kier molecular flexibility index (Phi) is 3.53. The zero-order chi connectivity index (χ0) is 14.8. The molecule has 6 nitrogen and oxygen atoms in total. The Bertz CT molecular complexity index is 655. The largest absolute Gasteiger partial charge is 0.307 e.